The van der Waals surface area contributed by atoms with Crippen LogP contribution in [-0.2, 0) is 6.42 Å². The van der Waals surface area contributed by atoms with Gasteiger partial charge in [-0.05, 0) is 17.6 Å². The fraction of sp³-hybridized carbons (Fsp3) is 0.222. The summed E-state index contributed by atoms with van der Waals surface area (Å²) >= 11 is 1.05. The highest BCUT2D eigenvalue weighted by atomic mass is 32.1. The van der Waals surface area contributed by atoms with Crippen molar-refractivity contribution in [2.75, 3.05) is 18.0 Å². The van der Waals surface area contributed by atoms with Crippen LogP contribution in [0, 0.1) is 5.82 Å². The Labute approximate surface area is 173 Å². The third-order valence-electron chi connectivity index (χ3n) is 4.63. The lowest BCUT2D eigenvalue weighted by Crippen LogP contribution is -2.48. The number of aromatic amines is 1. The number of H-pyrrole nitrogens is 1. The van der Waals surface area contributed by atoms with Gasteiger partial charge in [0.05, 0.1) is 18.7 Å². The van der Waals surface area contributed by atoms with Crippen molar-refractivity contribution in [3.8, 4) is 0 Å². The number of aromatic nitrogens is 6. The first kappa shape index (κ1) is 19.6. The lowest BCUT2D eigenvalue weighted by molar-refractivity contribution is 0.0695. The molecule has 0 aliphatic carbocycles. The van der Waals surface area contributed by atoms with Crippen LogP contribution in [0.25, 0.3) is 0 Å². The first-order chi connectivity index (χ1) is 14.5. The quantitative estimate of drug-likeness (QED) is 0.623. The molecule has 4 heterocycles. The summed E-state index contributed by atoms with van der Waals surface area (Å²) in [4.78, 5) is 40.7. The average molecular weight is 429 g/mol. The molecule has 12 heteroatoms. The Balaban J connectivity index is 1.76. The van der Waals surface area contributed by atoms with E-state index in [1.807, 2.05) is 10.8 Å². The van der Waals surface area contributed by atoms with E-state index in [2.05, 4.69) is 24.3 Å². The van der Waals surface area contributed by atoms with Crippen LogP contribution >= 0.6 is 11.5 Å². The summed E-state index contributed by atoms with van der Waals surface area (Å²) in [6.45, 7) is 1.03. The standard InChI is InChI=1S/C18H16FN7O3S/c19-14-3-11(4-15-22-9-24-30-15)16(27)13(18(28)29)5-21-8-23-17(14)26-6-12(7-26)25-2-1-20-10-25/h1-3,5,8-10,12H,4,6-7H2,(H,21,23)(H,28,29). The van der Waals surface area contributed by atoms with Crippen molar-refractivity contribution in [3.63, 3.8) is 0 Å². The molecular formula is C18H16FN7O3S. The lowest BCUT2D eigenvalue weighted by atomic mass is 10.1. The highest BCUT2D eigenvalue weighted by Crippen LogP contribution is 2.27. The van der Waals surface area contributed by atoms with Gasteiger partial charge in [0, 0.05) is 43.7 Å². The number of imidazole rings is 1. The Hall–Kier alpha value is -3.67. The molecule has 30 heavy (non-hydrogen) atoms. The van der Waals surface area contributed by atoms with E-state index < -0.39 is 22.8 Å². The van der Waals surface area contributed by atoms with E-state index in [1.165, 1.54) is 6.33 Å². The van der Waals surface area contributed by atoms with E-state index >= 15 is 4.39 Å². The molecule has 0 saturated carbocycles. The number of halogens is 1. The molecule has 0 atom stereocenters. The first-order valence-electron chi connectivity index (χ1n) is 8.88. The number of nitrogens with zero attached hydrogens (tertiary/aromatic N) is 6. The number of hydrogen-bond donors (Lipinski definition) is 2. The molecule has 1 saturated heterocycles. The molecule has 0 unspecified atom stereocenters. The predicted molar refractivity (Wildman–Crippen MR) is 106 cm³/mol. The summed E-state index contributed by atoms with van der Waals surface area (Å²) in [5.41, 5.74) is -1.39. The second kappa shape index (κ2) is 8.37. The van der Waals surface area contributed by atoms with Gasteiger partial charge in [-0.15, -0.1) is 0 Å². The topological polar surface area (TPSA) is 130 Å². The van der Waals surface area contributed by atoms with Crippen LogP contribution in [0.2, 0.25) is 0 Å². The Morgan fingerprint density at radius 3 is 2.87 bits per heavy atom. The van der Waals surface area contributed by atoms with Gasteiger partial charge in [0.2, 0.25) is 0 Å². The Bertz CT molecular complexity index is 1160. The minimum Gasteiger partial charge on any atom is -0.477 e. The molecule has 1 aliphatic rings. The zero-order chi connectivity index (χ0) is 21.1. The van der Waals surface area contributed by atoms with Gasteiger partial charge in [-0.2, -0.15) is 4.37 Å². The number of carbonyl (C=O) groups is 1. The van der Waals surface area contributed by atoms with Crippen LogP contribution in [0.1, 0.15) is 27.0 Å². The number of carboxylic acids is 1. The van der Waals surface area contributed by atoms with Crippen LogP contribution in [0.4, 0.5) is 10.2 Å². The normalized spacial score (nSPS) is 13.6. The monoisotopic (exact) mass is 429 g/mol. The van der Waals surface area contributed by atoms with E-state index in [-0.39, 0.29) is 23.8 Å². The van der Waals surface area contributed by atoms with Crippen LogP contribution in [0.5, 0.6) is 0 Å². The number of anilines is 1. The zero-order valence-corrected chi connectivity index (χ0v) is 16.3. The first-order valence-corrected chi connectivity index (χ1v) is 9.65. The van der Waals surface area contributed by atoms with Crippen molar-refractivity contribution in [2.45, 2.75) is 12.5 Å². The van der Waals surface area contributed by atoms with Gasteiger partial charge in [-0.3, -0.25) is 4.79 Å². The smallest absolute Gasteiger partial charge is 0.341 e. The summed E-state index contributed by atoms with van der Waals surface area (Å²) < 4.78 is 21.0. The predicted octanol–water partition coefficient (Wildman–Crippen LogP) is 1.43. The molecule has 3 aromatic heterocycles. The van der Waals surface area contributed by atoms with Crippen molar-refractivity contribution in [1.82, 2.24) is 28.9 Å². The van der Waals surface area contributed by atoms with Crippen molar-refractivity contribution < 1.29 is 14.3 Å². The Kier molecular flexibility index (Phi) is 5.48. The van der Waals surface area contributed by atoms with E-state index in [4.69, 9.17) is 0 Å². The maximum absolute atomic E-state index is 15.2. The van der Waals surface area contributed by atoms with Gasteiger partial charge in [-0.25, -0.2) is 24.1 Å². The second-order valence-corrected chi connectivity index (χ2v) is 7.40. The highest BCUT2D eigenvalue weighted by Gasteiger charge is 2.30. The fourth-order valence-electron chi connectivity index (χ4n) is 3.06. The maximum Gasteiger partial charge on any atom is 0.341 e. The maximum atomic E-state index is 15.2. The van der Waals surface area contributed by atoms with Crippen LogP contribution in [-0.4, -0.2) is 53.0 Å². The molecule has 0 radical (unpaired) electrons. The molecule has 3 aromatic rings. The number of hydrogen-bond acceptors (Lipinski definition) is 8. The fourth-order valence-corrected chi connectivity index (χ4v) is 3.59. The van der Waals surface area contributed by atoms with Gasteiger partial charge < -0.3 is 19.6 Å². The molecule has 2 N–H and O–H groups in total. The molecule has 154 valence electrons. The molecule has 0 amide bonds. The Morgan fingerprint density at radius 2 is 2.20 bits per heavy atom. The summed E-state index contributed by atoms with van der Waals surface area (Å²) in [5.74, 6) is -2.12. The number of aromatic carboxylic acids is 1. The summed E-state index contributed by atoms with van der Waals surface area (Å²) in [6.07, 6.45) is 8.67. The second-order valence-electron chi connectivity index (χ2n) is 6.54. The van der Waals surface area contributed by atoms with Gasteiger partial charge in [0.25, 0.3) is 0 Å². The summed E-state index contributed by atoms with van der Waals surface area (Å²) in [5, 5.41) is 9.82. The van der Waals surface area contributed by atoms with Gasteiger partial charge in [-0.1, -0.05) is 0 Å². The van der Waals surface area contributed by atoms with E-state index in [0.29, 0.717) is 18.1 Å². The summed E-state index contributed by atoms with van der Waals surface area (Å²) in [7, 11) is 0. The molecule has 0 bridgehead atoms. The van der Waals surface area contributed by atoms with Crippen LogP contribution in [0.3, 0.4) is 0 Å². The van der Waals surface area contributed by atoms with E-state index in [1.54, 1.807) is 17.4 Å². The number of rotatable bonds is 5. The highest BCUT2D eigenvalue weighted by molar-refractivity contribution is 7.05. The number of carboxylic acid groups (broad SMARTS) is 1. The van der Waals surface area contributed by atoms with Crippen LogP contribution < -0.4 is 10.3 Å². The van der Waals surface area contributed by atoms with Crippen molar-refractivity contribution in [1.29, 1.82) is 0 Å². The zero-order valence-electron chi connectivity index (χ0n) is 15.5. The average Bonchev–Trinajstić information content (AvgIpc) is 3.37. The molecule has 1 fully saturated rings. The molecular weight excluding hydrogens is 413 g/mol. The molecule has 0 spiro atoms. The van der Waals surface area contributed by atoms with Gasteiger partial charge in [0.15, 0.2) is 17.1 Å². The van der Waals surface area contributed by atoms with Crippen molar-refractivity contribution >= 4 is 23.3 Å². The minimum atomic E-state index is -1.43. The van der Waals surface area contributed by atoms with E-state index in [0.717, 1.165) is 30.1 Å². The molecule has 1 aliphatic heterocycles. The van der Waals surface area contributed by atoms with Gasteiger partial charge in [0.1, 0.15) is 16.9 Å². The molecule has 10 nitrogen and oxygen atoms in total. The van der Waals surface area contributed by atoms with Gasteiger partial charge >= 0.3 is 5.97 Å². The minimum absolute atomic E-state index is 0.0454. The van der Waals surface area contributed by atoms with Crippen molar-refractivity contribution in [3.05, 3.63) is 75.8 Å². The largest absolute Gasteiger partial charge is 0.477 e. The van der Waals surface area contributed by atoms with E-state index in [9.17, 15) is 14.7 Å². The molecule has 0 aromatic carbocycles. The number of nitrogens with one attached hydrogen (secondary N) is 1. The Morgan fingerprint density at radius 1 is 1.37 bits per heavy atom. The van der Waals surface area contributed by atoms with Crippen LogP contribution in [0.15, 0.2) is 48.4 Å². The SMILES string of the molecule is O=C(O)c1c[nH]cnc(N2CC(n3ccnc3)C2)c(F)cc(Cc2ncns2)c1=O. The summed E-state index contributed by atoms with van der Waals surface area (Å²) in [6, 6.07) is 1.17. The lowest BCUT2D eigenvalue weighted by Gasteiger charge is -2.40. The third-order valence-corrected chi connectivity index (χ3v) is 5.29. The third kappa shape index (κ3) is 4.03. The van der Waals surface area contributed by atoms with Crippen molar-refractivity contribution in [2.24, 2.45) is 0 Å². The molecule has 4 rings (SSSR count).